The van der Waals surface area contributed by atoms with Gasteiger partial charge in [0.25, 0.3) is 0 Å². The molecule has 2 aromatic rings. The third kappa shape index (κ3) is 4.70. The molecular formula is C21H18N2O4. The fourth-order valence-corrected chi connectivity index (χ4v) is 2.41. The quantitative estimate of drug-likeness (QED) is 0.484. The Morgan fingerprint density at radius 1 is 1.19 bits per heavy atom. The van der Waals surface area contributed by atoms with Crippen molar-refractivity contribution < 1.29 is 19.1 Å². The Bertz CT molecular complexity index is 926. The number of carbonyl (C=O) groups excluding carboxylic acids is 2. The maximum absolute atomic E-state index is 12.1. The van der Waals surface area contributed by atoms with Gasteiger partial charge in [-0.1, -0.05) is 24.8 Å². The fraction of sp³-hybridized carbons (Fsp3) is 0.0952. The van der Waals surface area contributed by atoms with Crippen molar-refractivity contribution in [3.05, 3.63) is 78.0 Å². The van der Waals surface area contributed by atoms with E-state index in [4.69, 9.17) is 9.47 Å². The largest absolute Gasteiger partial charge is 0.490 e. The molecule has 1 N–H and O–H groups in total. The maximum atomic E-state index is 12.1. The highest BCUT2D eigenvalue weighted by molar-refractivity contribution is 6.13. The molecule has 0 radical (unpaired) electrons. The minimum absolute atomic E-state index is 0.154. The van der Waals surface area contributed by atoms with Crippen LogP contribution in [0.1, 0.15) is 18.1 Å². The van der Waals surface area contributed by atoms with Crippen LogP contribution in [0.2, 0.25) is 0 Å². The molecule has 6 nitrogen and oxygen atoms in total. The first-order valence-electron chi connectivity index (χ1n) is 8.29. The van der Waals surface area contributed by atoms with Crippen molar-refractivity contribution in [1.82, 2.24) is 0 Å². The van der Waals surface area contributed by atoms with E-state index in [1.807, 2.05) is 24.3 Å². The van der Waals surface area contributed by atoms with Crippen molar-refractivity contribution in [3.63, 3.8) is 0 Å². The summed E-state index contributed by atoms with van der Waals surface area (Å²) in [4.78, 5) is 27.4. The summed E-state index contributed by atoms with van der Waals surface area (Å²) in [7, 11) is 0. The van der Waals surface area contributed by atoms with Gasteiger partial charge in [-0.25, -0.2) is 9.79 Å². The van der Waals surface area contributed by atoms with Crippen molar-refractivity contribution in [2.75, 3.05) is 11.9 Å². The van der Waals surface area contributed by atoms with Gasteiger partial charge in [0.2, 0.25) is 11.8 Å². The van der Waals surface area contributed by atoms with Crippen LogP contribution in [-0.4, -0.2) is 24.4 Å². The van der Waals surface area contributed by atoms with Gasteiger partial charge >= 0.3 is 5.97 Å². The van der Waals surface area contributed by atoms with E-state index in [-0.39, 0.29) is 17.5 Å². The zero-order valence-electron chi connectivity index (χ0n) is 14.8. The van der Waals surface area contributed by atoms with Crippen LogP contribution in [0.25, 0.3) is 6.08 Å². The van der Waals surface area contributed by atoms with E-state index >= 15 is 0 Å². The topological polar surface area (TPSA) is 77.0 Å². The summed E-state index contributed by atoms with van der Waals surface area (Å²) in [5, 5.41) is 2.68. The molecule has 1 heterocycles. The average Bonchev–Trinajstić information content (AvgIpc) is 3.02. The molecule has 2 aromatic carbocycles. The Balaban J connectivity index is 1.76. The number of aliphatic imine (C=N–C) groups is 1. The van der Waals surface area contributed by atoms with Gasteiger partial charge in [0.15, 0.2) is 5.70 Å². The second-order valence-electron chi connectivity index (χ2n) is 5.76. The van der Waals surface area contributed by atoms with E-state index in [0.717, 1.165) is 11.3 Å². The first-order valence-corrected chi connectivity index (χ1v) is 8.29. The summed E-state index contributed by atoms with van der Waals surface area (Å²) >= 11 is 0. The van der Waals surface area contributed by atoms with E-state index in [9.17, 15) is 9.59 Å². The molecule has 0 fully saturated rings. The van der Waals surface area contributed by atoms with Crippen LogP contribution in [-0.2, 0) is 14.3 Å². The van der Waals surface area contributed by atoms with Crippen LogP contribution in [0.5, 0.6) is 5.75 Å². The second-order valence-corrected chi connectivity index (χ2v) is 5.76. The Kier molecular flexibility index (Phi) is 5.47. The number of anilines is 1. The van der Waals surface area contributed by atoms with Crippen molar-refractivity contribution in [1.29, 1.82) is 0 Å². The van der Waals surface area contributed by atoms with E-state index in [1.54, 1.807) is 36.4 Å². The highest BCUT2D eigenvalue weighted by Gasteiger charge is 2.24. The van der Waals surface area contributed by atoms with Crippen LogP contribution >= 0.6 is 0 Å². The lowest BCUT2D eigenvalue weighted by Gasteiger charge is -2.03. The molecule has 1 aliphatic rings. The van der Waals surface area contributed by atoms with Crippen LogP contribution in [0, 0.1) is 0 Å². The predicted molar refractivity (Wildman–Crippen MR) is 103 cm³/mol. The Hall–Kier alpha value is -3.67. The monoisotopic (exact) mass is 362 g/mol. The number of amides is 1. The maximum Gasteiger partial charge on any atom is 0.363 e. The van der Waals surface area contributed by atoms with Gasteiger partial charge in [0, 0.05) is 18.2 Å². The van der Waals surface area contributed by atoms with E-state index < -0.39 is 5.97 Å². The van der Waals surface area contributed by atoms with Crippen LogP contribution in [0.4, 0.5) is 5.69 Å². The molecule has 1 amide bonds. The number of carbonyl (C=O) groups is 2. The Morgan fingerprint density at radius 2 is 1.89 bits per heavy atom. The van der Waals surface area contributed by atoms with E-state index in [1.165, 1.54) is 6.92 Å². The number of hydrogen-bond acceptors (Lipinski definition) is 5. The first kappa shape index (κ1) is 18.1. The highest BCUT2D eigenvalue weighted by atomic mass is 16.6. The molecule has 3 rings (SSSR count). The summed E-state index contributed by atoms with van der Waals surface area (Å²) in [6.45, 7) is 5.47. The molecule has 0 spiro atoms. The number of esters is 1. The molecule has 0 aromatic heterocycles. The normalized spacial score (nSPS) is 14.5. The lowest BCUT2D eigenvalue weighted by molar-refractivity contribution is -0.129. The third-order valence-electron chi connectivity index (χ3n) is 3.62. The zero-order valence-corrected chi connectivity index (χ0v) is 14.8. The lowest BCUT2D eigenvalue weighted by Crippen LogP contribution is -2.07. The van der Waals surface area contributed by atoms with Gasteiger partial charge in [-0.15, -0.1) is 0 Å². The van der Waals surface area contributed by atoms with Gasteiger partial charge in [-0.2, -0.15) is 0 Å². The molecule has 27 heavy (non-hydrogen) atoms. The van der Waals surface area contributed by atoms with Gasteiger partial charge in [0.1, 0.15) is 12.4 Å². The van der Waals surface area contributed by atoms with E-state index in [0.29, 0.717) is 17.9 Å². The predicted octanol–water partition coefficient (Wildman–Crippen LogP) is 3.55. The Labute approximate surface area is 156 Å². The van der Waals surface area contributed by atoms with Crippen molar-refractivity contribution in [3.8, 4) is 5.75 Å². The van der Waals surface area contributed by atoms with Crippen molar-refractivity contribution in [2.45, 2.75) is 6.92 Å². The van der Waals surface area contributed by atoms with Gasteiger partial charge in [-0.05, 0) is 48.0 Å². The number of benzene rings is 2. The summed E-state index contributed by atoms with van der Waals surface area (Å²) < 4.78 is 10.7. The second kappa shape index (κ2) is 8.14. The molecule has 0 bridgehead atoms. The van der Waals surface area contributed by atoms with Crippen LogP contribution in [0.15, 0.2) is 71.9 Å². The van der Waals surface area contributed by atoms with Crippen LogP contribution in [0.3, 0.4) is 0 Å². The minimum atomic E-state index is -0.511. The number of rotatable bonds is 6. The average molecular weight is 362 g/mol. The van der Waals surface area contributed by atoms with Crippen molar-refractivity contribution >= 4 is 29.5 Å². The molecule has 0 atom stereocenters. The number of ether oxygens (including phenoxy) is 2. The molecule has 6 heteroatoms. The molecule has 0 unspecified atom stereocenters. The summed E-state index contributed by atoms with van der Waals surface area (Å²) in [5.74, 6) is 0.280. The van der Waals surface area contributed by atoms with E-state index in [2.05, 4.69) is 16.9 Å². The third-order valence-corrected chi connectivity index (χ3v) is 3.62. The van der Waals surface area contributed by atoms with Crippen LogP contribution < -0.4 is 10.1 Å². The van der Waals surface area contributed by atoms with Crippen molar-refractivity contribution in [2.24, 2.45) is 4.99 Å². The van der Waals surface area contributed by atoms with Gasteiger partial charge < -0.3 is 14.8 Å². The highest BCUT2D eigenvalue weighted by Crippen LogP contribution is 2.21. The summed E-state index contributed by atoms with van der Waals surface area (Å²) in [6, 6.07) is 14.2. The Morgan fingerprint density at radius 3 is 2.52 bits per heavy atom. The first-order chi connectivity index (χ1) is 13.0. The standard InChI is InChI=1S/C21H18N2O4/c1-3-12-26-18-10-4-15(5-11-18)13-19-21(25)27-20(23-19)16-6-8-17(9-7-16)22-14(2)24/h3-11,13H,1,12H2,2H3,(H,22,24)/b19-13-. The number of nitrogens with zero attached hydrogens (tertiary/aromatic N) is 1. The SMILES string of the molecule is C=CCOc1ccc(/C=C2\N=C(c3ccc(NC(C)=O)cc3)OC2=O)cc1. The number of cyclic esters (lactones) is 1. The molecular weight excluding hydrogens is 344 g/mol. The molecule has 136 valence electrons. The van der Waals surface area contributed by atoms with Gasteiger partial charge in [0.05, 0.1) is 0 Å². The summed E-state index contributed by atoms with van der Waals surface area (Å²) in [5.41, 5.74) is 2.33. The zero-order chi connectivity index (χ0) is 19.2. The molecule has 0 aliphatic carbocycles. The minimum Gasteiger partial charge on any atom is -0.490 e. The fourth-order valence-electron chi connectivity index (χ4n) is 2.41. The number of hydrogen-bond donors (Lipinski definition) is 1. The summed E-state index contributed by atoms with van der Waals surface area (Å²) in [6.07, 6.45) is 3.32. The smallest absolute Gasteiger partial charge is 0.363 e. The molecule has 0 saturated carbocycles. The molecule has 1 aliphatic heterocycles. The molecule has 0 saturated heterocycles. The number of nitrogens with one attached hydrogen (secondary N) is 1. The lowest BCUT2D eigenvalue weighted by atomic mass is 10.2. The van der Waals surface area contributed by atoms with Gasteiger partial charge in [-0.3, -0.25) is 4.79 Å².